The number of nitrogens with zero attached hydrogens (tertiary/aromatic N) is 2. The molecule has 0 aliphatic carbocycles. The Morgan fingerprint density at radius 3 is 1.96 bits per heavy atom. The average Bonchev–Trinajstić information content (AvgIpc) is 2.89. The summed E-state index contributed by atoms with van der Waals surface area (Å²) >= 11 is 0. The predicted octanol–water partition coefficient (Wildman–Crippen LogP) is 4.48. The number of aryl methyl sites for hydroxylation is 1. The minimum Gasteiger partial charge on any atom is -0.318 e. The van der Waals surface area contributed by atoms with Gasteiger partial charge in [-0.05, 0) is 55.3 Å². The molecule has 0 atom stereocenters. The monoisotopic (exact) mass is 320 g/mol. The molecule has 5 nitrogen and oxygen atoms in total. The van der Waals surface area contributed by atoms with E-state index in [1.165, 1.54) is 12.1 Å². The first kappa shape index (κ1) is 15.7. The number of nitro groups is 1. The SMILES string of the molecule is Cc1cc(C=O)c(C)n1-c1ccc(-c2ccc([N+](=O)[O-])cc2)cc1. The van der Waals surface area contributed by atoms with E-state index in [4.69, 9.17) is 0 Å². The molecule has 0 N–H and O–H groups in total. The summed E-state index contributed by atoms with van der Waals surface area (Å²) in [5.41, 5.74) is 5.54. The number of carbonyl (C=O) groups excluding carboxylic acids is 1. The zero-order chi connectivity index (χ0) is 17.3. The second-order valence-electron chi connectivity index (χ2n) is 5.63. The highest BCUT2D eigenvalue weighted by atomic mass is 16.6. The summed E-state index contributed by atoms with van der Waals surface area (Å²) in [6.07, 6.45) is 0.865. The first-order chi connectivity index (χ1) is 11.5. The van der Waals surface area contributed by atoms with Crippen LogP contribution in [0.5, 0.6) is 0 Å². The molecule has 0 fully saturated rings. The molecule has 1 heterocycles. The van der Waals surface area contributed by atoms with Gasteiger partial charge in [0.05, 0.1) is 4.92 Å². The van der Waals surface area contributed by atoms with Crippen LogP contribution in [0.3, 0.4) is 0 Å². The van der Waals surface area contributed by atoms with Crippen LogP contribution in [0.1, 0.15) is 21.7 Å². The number of hydrogen-bond acceptors (Lipinski definition) is 3. The van der Waals surface area contributed by atoms with E-state index < -0.39 is 4.92 Å². The molecule has 3 aromatic rings. The molecular weight excluding hydrogens is 304 g/mol. The number of rotatable bonds is 4. The van der Waals surface area contributed by atoms with E-state index in [-0.39, 0.29) is 5.69 Å². The van der Waals surface area contributed by atoms with Crippen molar-refractivity contribution in [3.8, 4) is 16.8 Å². The maximum absolute atomic E-state index is 11.1. The van der Waals surface area contributed by atoms with Gasteiger partial charge in [-0.2, -0.15) is 0 Å². The lowest BCUT2D eigenvalue weighted by Gasteiger charge is -2.10. The number of non-ortho nitro benzene ring substituents is 1. The van der Waals surface area contributed by atoms with E-state index in [1.54, 1.807) is 12.1 Å². The van der Waals surface area contributed by atoms with Crippen LogP contribution < -0.4 is 0 Å². The van der Waals surface area contributed by atoms with Gasteiger partial charge in [-0.15, -0.1) is 0 Å². The second kappa shape index (κ2) is 6.12. The molecule has 0 aliphatic heterocycles. The summed E-state index contributed by atoms with van der Waals surface area (Å²) < 4.78 is 2.03. The summed E-state index contributed by atoms with van der Waals surface area (Å²) in [5.74, 6) is 0. The average molecular weight is 320 g/mol. The maximum Gasteiger partial charge on any atom is 0.269 e. The van der Waals surface area contributed by atoms with E-state index in [0.717, 1.165) is 34.5 Å². The molecule has 0 radical (unpaired) electrons. The van der Waals surface area contributed by atoms with Crippen LogP contribution in [0, 0.1) is 24.0 Å². The van der Waals surface area contributed by atoms with Crippen molar-refractivity contribution >= 4 is 12.0 Å². The highest BCUT2D eigenvalue weighted by molar-refractivity contribution is 5.78. The molecule has 0 spiro atoms. The van der Waals surface area contributed by atoms with Gasteiger partial charge in [0.15, 0.2) is 6.29 Å². The normalized spacial score (nSPS) is 10.6. The summed E-state index contributed by atoms with van der Waals surface area (Å²) in [7, 11) is 0. The Balaban J connectivity index is 1.95. The van der Waals surface area contributed by atoms with Crippen molar-refractivity contribution in [2.45, 2.75) is 13.8 Å². The lowest BCUT2D eigenvalue weighted by Crippen LogP contribution is -1.99. The van der Waals surface area contributed by atoms with Gasteiger partial charge in [-0.25, -0.2) is 0 Å². The van der Waals surface area contributed by atoms with Crippen molar-refractivity contribution in [1.29, 1.82) is 0 Å². The highest BCUT2D eigenvalue weighted by Gasteiger charge is 2.10. The predicted molar refractivity (Wildman–Crippen MR) is 92.7 cm³/mol. The smallest absolute Gasteiger partial charge is 0.269 e. The molecule has 0 saturated heterocycles. The largest absolute Gasteiger partial charge is 0.318 e. The van der Waals surface area contributed by atoms with Crippen molar-refractivity contribution in [3.05, 3.63) is 81.7 Å². The Hall–Kier alpha value is -3.21. The highest BCUT2D eigenvalue weighted by Crippen LogP contribution is 2.25. The number of benzene rings is 2. The molecule has 1 aromatic heterocycles. The fraction of sp³-hybridized carbons (Fsp3) is 0.105. The minimum absolute atomic E-state index is 0.0790. The van der Waals surface area contributed by atoms with Crippen LogP contribution in [0.25, 0.3) is 16.8 Å². The quantitative estimate of drug-likeness (QED) is 0.404. The third-order valence-corrected chi connectivity index (χ3v) is 4.13. The fourth-order valence-electron chi connectivity index (χ4n) is 2.88. The van der Waals surface area contributed by atoms with Crippen LogP contribution in [0.4, 0.5) is 5.69 Å². The molecule has 0 aliphatic rings. The topological polar surface area (TPSA) is 65.1 Å². The van der Waals surface area contributed by atoms with E-state index in [0.29, 0.717) is 5.56 Å². The number of aromatic nitrogens is 1. The van der Waals surface area contributed by atoms with Gasteiger partial charge in [0.1, 0.15) is 0 Å². The van der Waals surface area contributed by atoms with Crippen molar-refractivity contribution in [2.24, 2.45) is 0 Å². The maximum atomic E-state index is 11.1. The molecular formula is C19H16N2O3. The summed E-state index contributed by atoms with van der Waals surface area (Å²) in [6.45, 7) is 3.88. The Morgan fingerprint density at radius 2 is 1.50 bits per heavy atom. The lowest BCUT2D eigenvalue weighted by atomic mass is 10.0. The molecule has 0 bridgehead atoms. The number of hydrogen-bond donors (Lipinski definition) is 0. The van der Waals surface area contributed by atoms with Crippen molar-refractivity contribution in [1.82, 2.24) is 4.57 Å². The minimum atomic E-state index is -0.408. The molecule has 3 rings (SSSR count). The van der Waals surface area contributed by atoms with Crippen LogP contribution in [-0.2, 0) is 0 Å². The Morgan fingerprint density at radius 1 is 0.958 bits per heavy atom. The van der Waals surface area contributed by atoms with Gasteiger partial charge in [0.2, 0.25) is 0 Å². The molecule has 0 saturated carbocycles. The third-order valence-electron chi connectivity index (χ3n) is 4.13. The molecule has 0 amide bonds. The van der Waals surface area contributed by atoms with E-state index in [1.807, 2.05) is 48.7 Å². The van der Waals surface area contributed by atoms with E-state index in [2.05, 4.69) is 0 Å². The fourth-order valence-corrected chi connectivity index (χ4v) is 2.88. The molecule has 120 valence electrons. The Labute approximate surface area is 139 Å². The number of aldehydes is 1. The Kier molecular flexibility index (Phi) is 4.00. The van der Waals surface area contributed by atoms with Crippen molar-refractivity contribution in [2.75, 3.05) is 0 Å². The van der Waals surface area contributed by atoms with Crippen LogP contribution in [-0.4, -0.2) is 15.8 Å². The van der Waals surface area contributed by atoms with Crippen molar-refractivity contribution in [3.63, 3.8) is 0 Å². The molecule has 5 heteroatoms. The second-order valence-corrected chi connectivity index (χ2v) is 5.63. The van der Waals surface area contributed by atoms with Gasteiger partial charge in [-0.3, -0.25) is 14.9 Å². The number of carbonyl (C=O) groups is 1. The van der Waals surface area contributed by atoms with Crippen molar-refractivity contribution < 1.29 is 9.72 Å². The molecule has 0 unspecified atom stereocenters. The van der Waals surface area contributed by atoms with Crippen LogP contribution in [0.15, 0.2) is 54.6 Å². The molecule has 2 aromatic carbocycles. The van der Waals surface area contributed by atoms with Gasteiger partial charge in [0.25, 0.3) is 5.69 Å². The first-order valence-corrected chi connectivity index (χ1v) is 7.50. The first-order valence-electron chi connectivity index (χ1n) is 7.50. The summed E-state index contributed by atoms with van der Waals surface area (Å²) in [5, 5.41) is 10.7. The van der Waals surface area contributed by atoms with Gasteiger partial charge in [-0.1, -0.05) is 12.1 Å². The van der Waals surface area contributed by atoms with Gasteiger partial charge in [0, 0.05) is 34.8 Å². The summed E-state index contributed by atoms with van der Waals surface area (Å²) in [4.78, 5) is 21.4. The van der Waals surface area contributed by atoms with E-state index in [9.17, 15) is 14.9 Å². The van der Waals surface area contributed by atoms with Crippen LogP contribution >= 0.6 is 0 Å². The summed E-state index contributed by atoms with van der Waals surface area (Å²) in [6, 6.07) is 16.2. The van der Waals surface area contributed by atoms with E-state index >= 15 is 0 Å². The van der Waals surface area contributed by atoms with Crippen LogP contribution in [0.2, 0.25) is 0 Å². The standard InChI is InChI=1S/C19H16N2O3/c1-13-11-17(12-22)14(2)20(13)18-7-3-15(4-8-18)16-5-9-19(10-6-16)21(23)24/h3-12H,1-2H3. The Bertz CT molecular complexity index is 907. The number of nitro benzene ring substituents is 1. The molecule has 24 heavy (non-hydrogen) atoms. The zero-order valence-corrected chi connectivity index (χ0v) is 13.4. The zero-order valence-electron chi connectivity index (χ0n) is 13.4. The van der Waals surface area contributed by atoms with Gasteiger partial charge >= 0.3 is 0 Å². The lowest BCUT2D eigenvalue weighted by molar-refractivity contribution is -0.384. The van der Waals surface area contributed by atoms with Gasteiger partial charge < -0.3 is 4.57 Å². The third kappa shape index (κ3) is 2.72.